The SMILES string of the molecule is C=CC(C)CCCC(C)(C)OC/C=C/c1ccc(OC)c(OC)c1. The fourth-order valence-corrected chi connectivity index (χ4v) is 2.45. The summed E-state index contributed by atoms with van der Waals surface area (Å²) in [7, 11) is 3.28. The first-order valence-electron chi connectivity index (χ1n) is 8.57. The summed E-state index contributed by atoms with van der Waals surface area (Å²) in [5.74, 6) is 2.05. The molecule has 0 aliphatic rings. The number of ether oxygens (including phenoxy) is 3. The molecule has 24 heavy (non-hydrogen) atoms. The fraction of sp³-hybridized carbons (Fsp3) is 0.524. The Morgan fingerprint density at radius 1 is 1.17 bits per heavy atom. The van der Waals surface area contributed by atoms with E-state index < -0.39 is 0 Å². The van der Waals surface area contributed by atoms with Crippen LogP contribution in [-0.2, 0) is 4.74 Å². The Hall–Kier alpha value is -1.74. The van der Waals surface area contributed by atoms with E-state index in [1.807, 2.05) is 36.4 Å². The highest BCUT2D eigenvalue weighted by molar-refractivity contribution is 5.55. The number of benzene rings is 1. The molecule has 1 aromatic rings. The van der Waals surface area contributed by atoms with Gasteiger partial charge in [-0.3, -0.25) is 0 Å². The summed E-state index contributed by atoms with van der Waals surface area (Å²) in [6, 6.07) is 5.86. The largest absolute Gasteiger partial charge is 0.493 e. The van der Waals surface area contributed by atoms with E-state index in [1.54, 1.807) is 14.2 Å². The van der Waals surface area contributed by atoms with E-state index in [1.165, 1.54) is 0 Å². The van der Waals surface area contributed by atoms with Crippen LogP contribution < -0.4 is 9.47 Å². The van der Waals surface area contributed by atoms with Gasteiger partial charge in [-0.2, -0.15) is 0 Å². The highest BCUT2D eigenvalue weighted by Crippen LogP contribution is 2.28. The summed E-state index contributed by atoms with van der Waals surface area (Å²) in [6.45, 7) is 10.9. The fourth-order valence-electron chi connectivity index (χ4n) is 2.45. The average Bonchev–Trinajstić information content (AvgIpc) is 2.58. The number of methoxy groups -OCH3 is 2. The molecule has 0 aliphatic carbocycles. The van der Waals surface area contributed by atoms with Crippen LogP contribution in [-0.4, -0.2) is 26.4 Å². The van der Waals surface area contributed by atoms with Crippen molar-refractivity contribution in [1.82, 2.24) is 0 Å². The van der Waals surface area contributed by atoms with Crippen molar-refractivity contribution < 1.29 is 14.2 Å². The summed E-state index contributed by atoms with van der Waals surface area (Å²) in [6.07, 6.45) is 9.46. The minimum Gasteiger partial charge on any atom is -0.493 e. The molecule has 0 bridgehead atoms. The quantitative estimate of drug-likeness (QED) is 0.500. The van der Waals surface area contributed by atoms with Gasteiger partial charge >= 0.3 is 0 Å². The molecule has 0 heterocycles. The van der Waals surface area contributed by atoms with Gasteiger partial charge in [0.15, 0.2) is 11.5 Å². The molecule has 0 fully saturated rings. The summed E-state index contributed by atoms with van der Waals surface area (Å²) < 4.78 is 16.6. The Morgan fingerprint density at radius 2 is 1.88 bits per heavy atom. The molecule has 3 heteroatoms. The van der Waals surface area contributed by atoms with Gasteiger partial charge in [0.1, 0.15) is 0 Å². The lowest BCUT2D eigenvalue weighted by atomic mass is 9.97. The number of hydrogen-bond donors (Lipinski definition) is 0. The van der Waals surface area contributed by atoms with Gasteiger partial charge in [-0.1, -0.05) is 37.6 Å². The number of allylic oxidation sites excluding steroid dienone is 1. The van der Waals surface area contributed by atoms with Gasteiger partial charge in [0.2, 0.25) is 0 Å². The van der Waals surface area contributed by atoms with E-state index in [4.69, 9.17) is 14.2 Å². The van der Waals surface area contributed by atoms with E-state index in [-0.39, 0.29) is 5.60 Å². The lowest BCUT2D eigenvalue weighted by molar-refractivity contribution is -0.00909. The predicted molar refractivity (Wildman–Crippen MR) is 102 cm³/mol. The van der Waals surface area contributed by atoms with Gasteiger partial charge in [-0.05, 0) is 50.3 Å². The van der Waals surface area contributed by atoms with Gasteiger partial charge in [-0.15, -0.1) is 6.58 Å². The van der Waals surface area contributed by atoms with Crippen LogP contribution in [0.25, 0.3) is 6.08 Å². The Bertz CT molecular complexity index is 532. The Morgan fingerprint density at radius 3 is 2.50 bits per heavy atom. The summed E-state index contributed by atoms with van der Waals surface area (Å²) in [5, 5.41) is 0. The topological polar surface area (TPSA) is 27.7 Å². The van der Waals surface area contributed by atoms with Crippen molar-refractivity contribution in [2.24, 2.45) is 5.92 Å². The first kappa shape index (κ1) is 20.3. The third kappa shape index (κ3) is 7.22. The van der Waals surface area contributed by atoms with Crippen LogP contribution in [0.2, 0.25) is 0 Å². The molecule has 134 valence electrons. The summed E-state index contributed by atoms with van der Waals surface area (Å²) in [4.78, 5) is 0. The molecule has 0 saturated heterocycles. The maximum atomic E-state index is 6.00. The average molecular weight is 332 g/mol. The molecule has 0 saturated carbocycles. The lowest BCUT2D eigenvalue weighted by Gasteiger charge is -2.25. The van der Waals surface area contributed by atoms with Gasteiger partial charge in [0, 0.05) is 0 Å². The zero-order valence-corrected chi connectivity index (χ0v) is 15.8. The molecule has 1 unspecified atom stereocenters. The Labute approximate surface area is 147 Å². The molecule has 0 aliphatic heterocycles. The zero-order chi connectivity index (χ0) is 18.0. The van der Waals surface area contributed by atoms with E-state index in [9.17, 15) is 0 Å². The Kier molecular flexibility index (Phi) is 8.62. The number of rotatable bonds is 11. The molecule has 0 spiro atoms. The van der Waals surface area contributed by atoms with E-state index in [2.05, 4.69) is 27.4 Å². The Balaban J connectivity index is 2.45. The molecule has 1 rings (SSSR count). The smallest absolute Gasteiger partial charge is 0.161 e. The van der Waals surface area contributed by atoms with Crippen molar-refractivity contribution in [2.75, 3.05) is 20.8 Å². The summed E-state index contributed by atoms with van der Waals surface area (Å²) >= 11 is 0. The highest BCUT2D eigenvalue weighted by Gasteiger charge is 2.17. The maximum Gasteiger partial charge on any atom is 0.161 e. The molecule has 0 aromatic heterocycles. The second kappa shape index (κ2) is 10.2. The minimum absolute atomic E-state index is 0.108. The molecule has 3 nitrogen and oxygen atoms in total. The van der Waals surface area contributed by atoms with Crippen LogP contribution in [0.4, 0.5) is 0 Å². The van der Waals surface area contributed by atoms with Crippen LogP contribution in [0.15, 0.2) is 36.9 Å². The van der Waals surface area contributed by atoms with Crippen LogP contribution in [0.5, 0.6) is 11.5 Å². The van der Waals surface area contributed by atoms with Gasteiger partial charge in [0.05, 0.1) is 26.4 Å². The van der Waals surface area contributed by atoms with E-state index in [0.717, 1.165) is 36.3 Å². The van der Waals surface area contributed by atoms with Crippen molar-refractivity contribution in [1.29, 1.82) is 0 Å². The maximum absolute atomic E-state index is 6.00. The van der Waals surface area contributed by atoms with E-state index in [0.29, 0.717) is 12.5 Å². The first-order valence-corrected chi connectivity index (χ1v) is 8.57. The van der Waals surface area contributed by atoms with Gasteiger partial charge in [-0.25, -0.2) is 0 Å². The molecular weight excluding hydrogens is 300 g/mol. The van der Waals surface area contributed by atoms with Crippen molar-refractivity contribution in [3.05, 3.63) is 42.5 Å². The molecular formula is C21H32O3. The second-order valence-electron chi connectivity index (χ2n) is 6.69. The van der Waals surface area contributed by atoms with Gasteiger partial charge in [0.25, 0.3) is 0 Å². The molecule has 1 atom stereocenters. The van der Waals surface area contributed by atoms with Crippen molar-refractivity contribution >= 4 is 6.08 Å². The lowest BCUT2D eigenvalue weighted by Crippen LogP contribution is -2.24. The van der Waals surface area contributed by atoms with Crippen LogP contribution in [0.1, 0.15) is 45.6 Å². The third-order valence-electron chi connectivity index (χ3n) is 4.13. The summed E-state index contributed by atoms with van der Waals surface area (Å²) in [5.41, 5.74) is 0.955. The molecule has 0 radical (unpaired) electrons. The van der Waals surface area contributed by atoms with Crippen LogP contribution in [0, 0.1) is 5.92 Å². The first-order chi connectivity index (χ1) is 11.4. The van der Waals surface area contributed by atoms with E-state index >= 15 is 0 Å². The predicted octanol–water partition coefficient (Wildman–Crippen LogP) is 5.50. The van der Waals surface area contributed by atoms with Crippen molar-refractivity contribution in [2.45, 2.75) is 45.6 Å². The highest BCUT2D eigenvalue weighted by atomic mass is 16.5. The zero-order valence-electron chi connectivity index (χ0n) is 15.8. The minimum atomic E-state index is -0.108. The standard InChI is InChI=1S/C21H32O3/c1-7-17(2)10-8-14-21(3,4)24-15-9-11-18-12-13-19(22-5)20(16-18)23-6/h7,9,11-13,16-17H,1,8,10,14-15H2,2-6H3/b11-9+. The van der Waals surface area contributed by atoms with Crippen LogP contribution in [0.3, 0.4) is 0 Å². The van der Waals surface area contributed by atoms with Crippen molar-refractivity contribution in [3.8, 4) is 11.5 Å². The normalized spacial score (nSPS) is 13.0. The van der Waals surface area contributed by atoms with Crippen LogP contribution >= 0.6 is 0 Å². The number of hydrogen-bond acceptors (Lipinski definition) is 3. The molecule has 0 N–H and O–H groups in total. The van der Waals surface area contributed by atoms with Gasteiger partial charge < -0.3 is 14.2 Å². The monoisotopic (exact) mass is 332 g/mol. The third-order valence-corrected chi connectivity index (χ3v) is 4.13. The molecule has 1 aromatic carbocycles. The van der Waals surface area contributed by atoms with Crippen molar-refractivity contribution in [3.63, 3.8) is 0 Å². The second-order valence-corrected chi connectivity index (χ2v) is 6.69. The molecule has 0 amide bonds.